The minimum absolute atomic E-state index is 0.532. The highest BCUT2D eigenvalue weighted by Gasteiger charge is 2.22. The van der Waals surface area contributed by atoms with Crippen molar-refractivity contribution in [3.8, 4) is 0 Å². The molecule has 2 atom stereocenters. The Morgan fingerprint density at radius 2 is 0.900 bits per heavy atom. The molecular weight excluding hydrogens is 360 g/mol. The monoisotopic (exact) mass is 425 g/mol. The summed E-state index contributed by atoms with van der Waals surface area (Å²) in [5, 5.41) is 0. The highest BCUT2D eigenvalue weighted by molar-refractivity contribution is 4.74. The largest absolute Gasteiger partial charge is 0.0628 e. The molecule has 0 saturated carbocycles. The normalized spacial score (nSPS) is 15.0. The summed E-state index contributed by atoms with van der Waals surface area (Å²) in [5.74, 6) is 5.16. The topological polar surface area (TPSA) is 0 Å². The second-order valence-electron chi connectivity index (χ2n) is 14.1. The molecule has 0 aliphatic carbocycles. The average molecular weight is 425 g/mol. The van der Waals surface area contributed by atoms with E-state index in [0.717, 1.165) is 35.5 Å². The molecule has 2 unspecified atom stereocenters. The van der Waals surface area contributed by atoms with Gasteiger partial charge in [-0.2, -0.15) is 0 Å². The van der Waals surface area contributed by atoms with E-state index in [1.165, 1.54) is 51.4 Å². The molecule has 0 bridgehead atoms. The van der Waals surface area contributed by atoms with E-state index in [0.29, 0.717) is 10.8 Å². The van der Waals surface area contributed by atoms with E-state index in [1.807, 2.05) is 0 Å². The molecule has 0 heteroatoms. The lowest BCUT2D eigenvalue weighted by atomic mass is 9.76. The fourth-order valence-electron chi connectivity index (χ4n) is 5.46. The highest BCUT2D eigenvalue weighted by atomic mass is 14.3. The lowest BCUT2D eigenvalue weighted by Gasteiger charge is -2.30. The summed E-state index contributed by atoms with van der Waals surface area (Å²) in [6.45, 7) is 33.2. The van der Waals surface area contributed by atoms with Crippen molar-refractivity contribution in [2.24, 2.45) is 46.3 Å². The Morgan fingerprint density at radius 3 is 1.30 bits per heavy atom. The molecule has 0 saturated heterocycles. The van der Waals surface area contributed by atoms with E-state index in [9.17, 15) is 0 Å². The highest BCUT2D eigenvalue weighted by Crippen LogP contribution is 2.35. The Balaban J connectivity index is 0. The van der Waals surface area contributed by atoms with Crippen LogP contribution in [-0.2, 0) is 0 Å². The maximum Gasteiger partial charge on any atom is -0.0349 e. The van der Waals surface area contributed by atoms with Gasteiger partial charge in [-0.25, -0.2) is 0 Å². The Morgan fingerprint density at radius 1 is 0.433 bits per heavy atom. The van der Waals surface area contributed by atoms with Crippen molar-refractivity contribution in [1.82, 2.24) is 0 Å². The molecule has 0 heterocycles. The zero-order chi connectivity index (χ0) is 24.1. The van der Waals surface area contributed by atoms with Crippen LogP contribution in [0.25, 0.3) is 0 Å². The van der Waals surface area contributed by atoms with Crippen LogP contribution in [0.5, 0.6) is 0 Å². The molecule has 0 aromatic heterocycles. The van der Waals surface area contributed by atoms with Crippen LogP contribution in [0.1, 0.15) is 148 Å². The Hall–Kier alpha value is 0. The first-order chi connectivity index (χ1) is 13.5. The third-order valence-electron chi connectivity index (χ3n) is 6.27. The molecule has 0 N–H and O–H groups in total. The summed E-state index contributed by atoms with van der Waals surface area (Å²) in [6, 6.07) is 0. The minimum Gasteiger partial charge on any atom is -0.0628 e. The number of rotatable bonds is 14. The zero-order valence-electron chi connectivity index (χ0n) is 24.1. The summed E-state index contributed by atoms with van der Waals surface area (Å²) in [6.07, 6.45) is 11.1. The molecule has 0 fully saturated rings. The maximum atomic E-state index is 2.44. The predicted molar refractivity (Wildman–Crippen MR) is 142 cm³/mol. The van der Waals surface area contributed by atoms with E-state index in [-0.39, 0.29) is 0 Å². The lowest BCUT2D eigenvalue weighted by Crippen LogP contribution is -2.18. The maximum absolute atomic E-state index is 2.44. The molecule has 0 nitrogen and oxygen atoms in total. The van der Waals surface area contributed by atoms with Crippen molar-refractivity contribution < 1.29 is 0 Å². The lowest BCUT2D eigenvalue weighted by molar-refractivity contribution is 0.216. The smallest absolute Gasteiger partial charge is 0.0349 e. The Kier molecular flexibility index (Phi) is 16.9. The van der Waals surface area contributed by atoms with E-state index in [2.05, 4.69) is 96.9 Å². The van der Waals surface area contributed by atoms with Crippen LogP contribution in [0.2, 0.25) is 0 Å². The molecule has 0 aromatic carbocycles. The van der Waals surface area contributed by atoms with Gasteiger partial charge in [0.05, 0.1) is 0 Å². The van der Waals surface area contributed by atoms with Crippen molar-refractivity contribution in [3.63, 3.8) is 0 Å². The summed E-state index contributed by atoms with van der Waals surface area (Å²) in [4.78, 5) is 0. The van der Waals surface area contributed by atoms with Crippen LogP contribution in [0, 0.1) is 46.3 Å². The van der Waals surface area contributed by atoms with Gasteiger partial charge in [0.1, 0.15) is 0 Å². The molecule has 0 aliphatic rings. The van der Waals surface area contributed by atoms with Gasteiger partial charge in [0.15, 0.2) is 0 Å². The Labute approximate surface area is 194 Å². The van der Waals surface area contributed by atoms with Gasteiger partial charge in [0, 0.05) is 0 Å². The van der Waals surface area contributed by atoms with Gasteiger partial charge in [-0.3, -0.25) is 0 Å². The summed E-state index contributed by atoms with van der Waals surface area (Å²) in [5.41, 5.74) is 1.07. The van der Waals surface area contributed by atoms with Crippen LogP contribution in [0.3, 0.4) is 0 Å². The van der Waals surface area contributed by atoms with Gasteiger partial charge in [-0.05, 0) is 78.4 Å². The molecule has 30 heavy (non-hydrogen) atoms. The van der Waals surface area contributed by atoms with Crippen LogP contribution >= 0.6 is 0 Å². The zero-order valence-corrected chi connectivity index (χ0v) is 24.1. The summed E-state index contributed by atoms with van der Waals surface area (Å²) < 4.78 is 0. The molecular formula is C30H64. The third kappa shape index (κ3) is 22.7. The standard InChI is InChI=1S/2C15H32/c1-12(2)8-9-15(6,7)11-14(5)10-13(3)4;1-12(2)8-9-14(5)11-15(6,7)10-13(3)4/h2*12-14H,8-11H2,1-7H3. The fraction of sp³-hybridized carbons (Fsp3) is 1.00. The first kappa shape index (κ1) is 32.2. The van der Waals surface area contributed by atoms with Gasteiger partial charge in [-0.1, -0.05) is 116 Å². The molecule has 0 radical (unpaired) electrons. The van der Waals surface area contributed by atoms with Crippen LogP contribution in [0.4, 0.5) is 0 Å². The molecule has 0 aliphatic heterocycles. The van der Waals surface area contributed by atoms with Crippen LogP contribution in [0.15, 0.2) is 0 Å². The average Bonchev–Trinajstić information content (AvgIpc) is 2.48. The van der Waals surface area contributed by atoms with Crippen LogP contribution in [-0.4, -0.2) is 0 Å². The van der Waals surface area contributed by atoms with Crippen molar-refractivity contribution in [2.75, 3.05) is 0 Å². The second kappa shape index (κ2) is 15.7. The second-order valence-corrected chi connectivity index (χ2v) is 14.1. The third-order valence-corrected chi connectivity index (χ3v) is 6.27. The first-order valence-corrected chi connectivity index (χ1v) is 13.5. The van der Waals surface area contributed by atoms with Crippen molar-refractivity contribution in [3.05, 3.63) is 0 Å². The molecule has 0 spiro atoms. The quantitative estimate of drug-likeness (QED) is 0.260. The van der Waals surface area contributed by atoms with E-state index in [4.69, 9.17) is 0 Å². The minimum atomic E-state index is 0.532. The van der Waals surface area contributed by atoms with Gasteiger partial charge in [0.25, 0.3) is 0 Å². The first-order valence-electron chi connectivity index (χ1n) is 13.5. The van der Waals surface area contributed by atoms with Gasteiger partial charge >= 0.3 is 0 Å². The summed E-state index contributed by atoms with van der Waals surface area (Å²) in [7, 11) is 0. The van der Waals surface area contributed by atoms with E-state index < -0.39 is 0 Å². The van der Waals surface area contributed by atoms with Crippen molar-refractivity contribution in [2.45, 2.75) is 148 Å². The SMILES string of the molecule is CC(C)CCC(C)(C)CC(C)CC(C)C.CC(C)CCC(C)CC(C)(C)CC(C)C. The number of hydrogen-bond acceptors (Lipinski definition) is 0. The van der Waals surface area contributed by atoms with E-state index >= 15 is 0 Å². The van der Waals surface area contributed by atoms with Gasteiger partial charge in [-0.15, -0.1) is 0 Å². The summed E-state index contributed by atoms with van der Waals surface area (Å²) >= 11 is 0. The van der Waals surface area contributed by atoms with Gasteiger partial charge in [0.2, 0.25) is 0 Å². The van der Waals surface area contributed by atoms with Gasteiger partial charge < -0.3 is 0 Å². The molecule has 0 amide bonds. The van der Waals surface area contributed by atoms with Crippen molar-refractivity contribution >= 4 is 0 Å². The predicted octanol–water partition coefficient (Wildman–Crippen LogP) is 11.0. The van der Waals surface area contributed by atoms with E-state index in [1.54, 1.807) is 0 Å². The Bertz CT molecular complexity index is 383. The molecule has 0 rings (SSSR count). The van der Waals surface area contributed by atoms with Crippen molar-refractivity contribution in [1.29, 1.82) is 0 Å². The van der Waals surface area contributed by atoms with Crippen LogP contribution < -0.4 is 0 Å². The molecule has 0 aromatic rings. The fourth-order valence-corrected chi connectivity index (χ4v) is 5.46. The molecule has 184 valence electrons. The number of hydrogen-bond donors (Lipinski definition) is 0.